The summed E-state index contributed by atoms with van der Waals surface area (Å²) in [6.45, 7) is 3.63. The SMILES string of the molecule is Cc1cc(CO)cc(C)c1NC(=O)c1nccc(-c2ccc(F)c(Cl)c2)n1. The Labute approximate surface area is 160 Å². The lowest BCUT2D eigenvalue weighted by Crippen LogP contribution is -2.17. The second-order valence-electron chi connectivity index (χ2n) is 6.11. The van der Waals surface area contributed by atoms with E-state index in [4.69, 9.17) is 11.6 Å². The number of hydrogen-bond acceptors (Lipinski definition) is 4. The number of nitrogens with one attached hydrogen (secondary N) is 1. The van der Waals surface area contributed by atoms with Crippen LogP contribution in [0.25, 0.3) is 11.3 Å². The summed E-state index contributed by atoms with van der Waals surface area (Å²) in [6.07, 6.45) is 1.46. The van der Waals surface area contributed by atoms with Gasteiger partial charge in [0.05, 0.1) is 17.3 Å². The number of carbonyl (C=O) groups is 1. The van der Waals surface area contributed by atoms with Gasteiger partial charge in [-0.05, 0) is 54.8 Å². The van der Waals surface area contributed by atoms with Crippen LogP contribution in [0.5, 0.6) is 0 Å². The normalized spacial score (nSPS) is 10.7. The maximum absolute atomic E-state index is 13.3. The molecule has 0 unspecified atom stereocenters. The minimum atomic E-state index is -0.523. The minimum Gasteiger partial charge on any atom is -0.392 e. The number of halogens is 2. The highest BCUT2D eigenvalue weighted by Gasteiger charge is 2.15. The van der Waals surface area contributed by atoms with E-state index in [1.54, 1.807) is 18.2 Å². The molecule has 0 aliphatic heterocycles. The van der Waals surface area contributed by atoms with Crippen LogP contribution in [0.4, 0.5) is 10.1 Å². The fraction of sp³-hybridized carbons (Fsp3) is 0.150. The van der Waals surface area contributed by atoms with E-state index in [9.17, 15) is 14.3 Å². The molecule has 5 nitrogen and oxygen atoms in total. The second kappa shape index (κ2) is 7.82. The predicted molar refractivity (Wildman–Crippen MR) is 102 cm³/mol. The molecule has 3 rings (SSSR count). The van der Waals surface area contributed by atoms with Crippen LogP contribution < -0.4 is 5.32 Å². The molecule has 3 aromatic rings. The van der Waals surface area contributed by atoms with Gasteiger partial charge < -0.3 is 10.4 Å². The Morgan fingerprint density at radius 1 is 1.19 bits per heavy atom. The summed E-state index contributed by atoms with van der Waals surface area (Å²) in [5.74, 6) is -1.00. The number of rotatable bonds is 4. The average molecular weight is 386 g/mol. The summed E-state index contributed by atoms with van der Waals surface area (Å²) in [5, 5.41) is 12.1. The Morgan fingerprint density at radius 3 is 2.52 bits per heavy atom. The van der Waals surface area contributed by atoms with Gasteiger partial charge in [0.25, 0.3) is 5.91 Å². The monoisotopic (exact) mass is 385 g/mol. The van der Waals surface area contributed by atoms with E-state index >= 15 is 0 Å². The fourth-order valence-electron chi connectivity index (χ4n) is 2.80. The van der Waals surface area contributed by atoms with E-state index in [1.807, 2.05) is 13.8 Å². The lowest BCUT2D eigenvalue weighted by molar-refractivity contribution is 0.101. The number of benzene rings is 2. The Balaban J connectivity index is 1.89. The summed E-state index contributed by atoms with van der Waals surface area (Å²) in [6, 6.07) is 9.46. The van der Waals surface area contributed by atoms with Crippen molar-refractivity contribution in [2.45, 2.75) is 20.5 Å². The van der Waals surface area contributed by atoms with Gasteiger partial charge in [-0.2, -0.15) is 0 Å². The number of aromatic nitrogens is 2. The van der Waals surface area contributed by atoms with Crippen molar-refractivity contribution >= 4 is 23.2 Å². The molecule has 0 aliphatic rings. The van der Waals surface area contributed by atoms with Crippen LogP contribution in [0.1, 0.15) is 27.3 Å². The van der Waals surface area contributed by atoms with E-state index in [0.717, 1.165) is 16.7 Å². The number of nitrogens with zero attached hydrogens (tertiary/aromatic N) is 2. The molecule has 0 bridgehead atoms. The summed E-state index contributed by atoms with van der Waals surface area (Å²) < 4.78 is 13.3. The Bertz CT molecular complexity index is 1000. The smallest absolute Gasteiger partial charge is 0.293 e. The van der Waals surface area contributed by atoms with Crippen molar-refractivity contribution in [2.24, 2.45) is 0 Å². The average Bonchev–Trinajstić information content (AvgIpc) is 2.66. The van der Waals surface area contributed by atoms with Gasteiger partial charge >= 0.3 is 0 Å². The molecule has 27 heavy (non-hydrogen) atoms. The lowest BCUT2D eigenvalue weighted by atomic mass is 10.0. The van der Waals surface area contributed by atoms with Crippen LogP contribution in [0.15, 0.2) is 42.6 Å². The molecule has 1 aromatic heterocycles. The summed E-state index contributed by atoms with van der Waals surface area (Å²) in [4.78, 5) is 20.9. The van der Waals surface area contributed by atoms with Crippen molar-refractivity contribution in [3.8, 4) is 11.3 Å². The van der Waals surface area contributed by atoms with E-state index < -0.39 is 11.7 Å². The van der Waals surface area contributed by atoms with Gasteiger partial charge in [-0.3, -0.25) is 4.79 Å². The van der Waals surface area contributed by atoms with E-state index in [-0.39, 0.29) is 17.5 Å². The zero-order valence-electron chi connectivity index (χ0n) is 14.8. The molecule has 2 N–H and O–H groups in total. The van der Waals surface area contributed by atoms with Crippen molar-refractivity contribution in [1.82, 2.24) is 9.97 Å². The van der Waals surface area contributed by atoms with E-state index in [0.29, 0.717) is 16.9 Å². The molecule has 0 saturated heterocycles. The Morgan fingerprint density at radius 2 is 1.89 bits per heavy atom. The Hall–Kier alpha value is -2.83. The molecular formula is C20H17ClFN3O2. The number of anilines is 1. The molecule has 138 valence electrons. The molecule has 2 aromatic carbocycles. The van der Waals surface area contributed by atoms with Gasteiger partial charge in [-0.1, -0.05) is 23.7 Å². The molecule has 0 aliphatic carbocycles. The van der Waals surface area contributed by atoms with Crippen LogP contribution in [-0.4, -0.2) is 21.0 Å². The third-order valence-corrected chi connectivity index (χ3v) is 4.38. The zero-order valence-corrected chi connectivity index (χ0v) is 15.5. The number of aliphatic hydroxyl groups is 1. The van der Waals surface area contributed by atoms with Crippen molar-refractivity contribution in [1.29, 1.82) is 0 Å². The van der Waals surface area contributed by atoms with Crippen LogP contribution in [0, 0.1) is 19.7 Å². The van der Waals surface area contributed by atoms with Crippen molar-refractivity contribution in [3.05, 3.63) is 75.9 Å². The highest BCUT2D eigenvalue weighted by molar-refractivity contribution is 6.31. The van der Waals surface area contributed by atoms with Gasteiger partial charge in [0.1, 0.15) is 5.82 Å². The van der Waals surface area contributed by atoms with Crippen molar-refractivity contribution in [2.75, 3.05) is 5.32 Å². The lowest BCUT2D eigenvalue weighted by Gasteiger charge is -2.13. The maximum Gasteiger partial charge on any atom is 0.293 e. The molecular weight excluding hydrogens is 369 g/mol. The molecule has 0 saturated carbocycles. The zero-order chi connectivity index (χ0) is 19.6. The molecule has 7 heteroatoms. The quantitative estimate of drug-likeness (QED) is 0.702. The minimum absolute atomic E-state index is 0.0158. The van der Waals surface area contributed by atoms with Crippen LogP contribution in [-0.2, 0) is 6.61 Å². The van der Waals surface area contributed by atoms with Gasteiger partial charge in [0.2, 0.25) is 5.82 Å². The van der Waals surface area contributed by atoms with Crippen LogP contribution >= 0.6 is 11.6 Å². The van der Waals surface area contributed by atoms with Gasteiger partial charge in [0.15, 0.2) is 0 Å². The molecule has 1 heterocycles. The maximum atomic E-state index is 13.3. The number of hydrogen-bond donors (Lipinski definition) is 2. The standard InChI is InChI=1S/C20H17ClFN3O2/c1-11-7-13(10-26)8-12(2)18(11)25-20(27)19-23-6-5-17(24-19)14-3-4-16(22)15(21)9-14/h3-9,26H,10H2,1-2H3,(H,25,27). The molecule has 0 radical (unpaired) electrons. The van der Waals surface area contributed by atoms with Gasteiger partial charge in [-0.25, -0.2) is 14.4 Å². The largest absolute Gasteiger partial charge is 0.392 e. The Kier molecular flexibility index (Phi) is 5.48. The number of carbonyl (C=O) groups excluding carboxylic acids is 1. The predicted octanol–water partition coefficient (Wildman–Crippen LogP) is 4.30. The third kappa shape index (κ3) is 4.13. The first-order valence-electron chi connectivity index (χ1n) is 8.20. The molecule has 0 fully saturated rings. The van der Waals surface area contributed by atoms with E-state index in [1.165, 1.54) is 24.4 Å². The highest BCUT2D eigenvalue weighted by atomic mass is 35.5. The molecule has 1 amide bonds. The second-order valence-corrected chi connectivity index (χ2v) is 6.52. The number of aryl methyl sites for hydroxylation is 2. The van der Waals surface area contributed by atoms with E-state index in [2.05, 4.69) is 15.3 Å². The first-order valence-corrected chi connectivity index (χ1v) is 8.57. The third-order valence-electron chi connectivity index (χ3n) is 4.09. The van der Waals surface area contributed by atoms with Crippen molar-refractivity contribution < 1.29 is 14.3 Å². The summed E-state index contributed by atoms with van der Waals surface area (Å²) in [7, 11) is 0. The van der Waals surface area contributed by atoms with Gasteiger partial charge in [-0.15, -0.1) is 0 Å². The molecule has 0 atom stereocenters. The fourth-order valence-corrected chi connectivity index (χ4v) is 2.98. The highest BCUT2D eigenvalue weighted by Crippen LogP contribution is 2.25. The summed E-state index contributed by atoms with van der Waals surface area (Å²) >= 11 is 5.82. The number of amides is 1. The first-order chi connectivity index (χ1) is 12.9. The summed E-state index contributed by atoms with van der Waals surface area (Å²) in [5.41, 5.74) is 4.12. The van der Waals surface area contributed by atoms with Crippen molar-refractivity contribution in [3.63, 3.8) is 0 Å². The van der Waals surface area contributed by atoms with Gasteiger partial charge in [0, 0.05) is 17.4 Å². The van der Waals surface area contributed by atoms with Crippen LogP contribution in [0.3, 0.4) is 0 Å². The topological polar surface area (TPSA) is 75.1 Å². The van der Waals surface area contributed by atoms with Crippen LogP contribution in [0.2, 0.25) is 5.02 Å². The number of aliphatic hydroxyl groups excluding tert-OH is 1. The molecule has 0 spiro atoms. The first kappa shape index (κ1) is 18.9.